The fourth-order valence-electron chi connectivity index (χ4n) is 1.83. The summed E-state index contributed by atoms with van der Waals surface area (Å²) in [5, 5.41) is 9.62. The third kappa shape index (κ3) is 4.20. The number of aromatic nitrogens is 1. The molecule has 106 valence electrons. The molecule has 1 unspecified atom stereocenters. The second-order valence-corrected chi connectivity index (χ2v) is 4.72. The average Bonchev–Trinajstić information content (AvgIpc) is 2.85. The van der Waals surface area contributed by atoms with Crippen LogP contribution in [0.4, 0.5) is 5.82 Å². The van der Waals surface area contributed by atoms with E-state index in [0.717, 1.165) is 13.0 Å². The first-order valence-electron chi connectivity index (χ1n) is 6.66. The summed E-state index contributed by atoms with van der Waals surface area (Å²) in [6.07, 6.45) is 0.890. The number of rotatable bonds is 6. The number of aryl methyl sites for hydroxylation is 1. The number of carbonyl (C=O) groups excluding carboxylic acids is 1. The van der Waals surface area contributed by atoms with Crippen molar-refractivity contribution < 1.29 is 9.32 Å². The molecular formula is C15H19N3O2. The van der Waals surface area contributed by atoms with Gasteiger partial charge in [-0.3, -0.25) is 4.79 Å². The first kappa shape index (κ1) is 14.3. The Morgan fingerprint density at radius 2 is 2.10 bits per heavy atom. The van der Waals surface area contributed by atoms with Crippen molar-refractivity contribution in [1.82, 2.24) is 10.5 Å². The van der Waals surface area contributed by atoms with Crippen molar-refractivity contribution in [3.8, 4) is 0 Å². The maximum Gasteiger partial charge on any atom is 0.242 e. The van der Waals surface area contributed by atoms with Gasteiger partial charge in [-0.1, -0.05) is 35.5 Å². The van der Waals surface area contributed by atoms with Gasteiger partial charge in [-0.2, -0.15) is 0 Å². The molecule has 1 aromatic carbocycles. The van der Waals surface area contributed by atoms with E-state index in [2.05, 4.69) is 27.9 Å². The van der Waals surface area contributed by atoms with Crippen LogP contribution in [0.1, 0.15) is 18.2 Å². The number of amides is 1. The highest BCUT2D eigenvalue weighted by Crippen LogP contribution is 2.07. The second-order valence-electron chi connectivity index (χ2n) is 4.72. The number of nitrogens with zero attached hydrogens (tertiary/aromatic N) is 1. The van der Waals surface area contributed by atoms with Crippen LogP contribution in [-0.4, -0.2) is 23.7 Å². The molecule has 1 aromatic heterocycles. The van der Waals surface area contributed by atoms with Crippen LogP contribution in [0.3, 0.4) is 0 Å². The predicted molar refractivity (Wildman–Crippen MR) is 77.5 cm³/mol. The monoisotopic (exact) mass is 273 g/mol. The van der Waals surface area contributed by atoms with Crippen molar-refractivity contribution in [2.24, 2.45) is 0 Å². The van der Waals surface area contributed by atoms with E-state index < -0.39 is 0 Å². The highest BCUT2D eigenvalue weighted by atomic mass is 16.5. The highest BCUT2D eigenvalue weighted by Gasteiger charge is 2.13. The molecule has 0 radical (unpaired) electrons. The van der Waals surface area contributed by atoms with Crippen LogP contribution in [0.5, 0.6) is 0 Å². The Hall–Kier alpha value is -2.14. The van der Waals surface area contributed by atoms with Gasteiger partial charge in [0.15, 0.2) is 5.82 Å². The Morgan fingerprint density at radius 1 is 1.35 bits per heavy atom. The van der Waals surface area contributed by atoms with Crippen LogP contribution in [0.2, 0.25) is 0 Å². The zero-order valence-corrected chi connectivity index (χ0v) is 11.7. The van der Waals surface area contributed by atoms with Gasteiger partial charge < -0.3 is 15.2 Å². The minimum Gasteiger partial charge on any atom is -0.360 e. The Kier molecular flexibility index (Phi) is 4.90. The van der Waals surface area contributed by atoms with Crippen molar-refractivity contribution in [1.29, 1.82) is 0 Å². The summed E-state index contributed by atoms with van der Waals surface area (Å²) in [6, 6.07) is 11.6. The van der Waals surface area contributed by atoms with E-state index >= 15 is 0 Å². The fourth-order valence-corrected chi connectivity index (χ4v) is 1.83. The summed E-state index contributed by atoms with van der Waals surface area (Å²) in [6.45, 7) is 4.36. The average molecular weight is 273 g/mol. The second kappa shape index (κ2) is 6.86. The number of carbonyl (C=O) groups is 1. The van der Waals surface area contributed by atoms with Gasteiger partial charge in [0.2, 0.25) is 5.91 Å². The van der Waals surface area contributed by atoms with Gasteiger partial charge in [-0.05, 0) is 32.4 Å². The van der Waals surface area contributed by atoms with E-state index in [0.29, 0.717) is 11.6 Å². The van der Waals surface area contributed by atoms with Crippen LogP contribution < -0.4 is 10.6 Å². The third-order valence-corrected chi connectivity index (χ3v) is 2.98. The van der Waals surface area contributed by atoms with Crippen LogP contribution in [-0.2, 0) is 11.2 Å². The first-order valence-corrected chi connectivity index (χ1v) is 6.66. The van der Waals surface area contributed by atoms with Gasteiger partial charge in [0.25, 0.3) is 0 Å². The van der Waals surface area contributed by atoms with Gasteiger partial charge in [0.1, 0.15) is 5.76 Å². The molecule has 0 aliphatic carbocycles. The largest absolute Gasteiger partial charge is 0.360 e. The molecule has 20 heavy (non-hydrogen) atoms. The molecule has 0 spiro atoms. The van der Waals surface area contributed by atoms with Crippen molar-refractivity contribution >= 4 is 11.7 Å². The molecule has 0 fully saturated rings. The van der Waals surface area contributed by atoms with E-state index in [-0.39, 0.29) is 11.9 Å². The summed E-state index contributed by atoms with van der Waals surface area (Å²) < 4.78 is 4.90. The first-order chi connectivity index (χ1) is 9.65. The maximum atomic E-state index is 11.9. The molecule has 1 amide bonds. The summed E-state index contributed by atoms with van der Waals surface area (Å²) in [5.41, 5.74) is 1.25. The molecule has 0 aliphatic rings. The van der Waals surface area contributed by atoms with Crippen molar-refractivity contribution in [2.45, 2.75) is 26.3 Å². The van der Waals surface area contributed by atoms with Gasteiger partial charge in [0.05, 0.1) is 6.04 Å². The molecule has 2 aromatic rings. The zero-order chi connectivity index (χ0) is 14.4. The Balaban J connectivity index is 1.74. The van der Waals surface area contributed by atoms with Crippen LogP contribution in [0.25, 0.3) is 0 Å². The number of hydrogen-bond acceptors (Lipinski definition) is 4. The molecule has 0 saturated carbocycles. The molecule has 5 nitrogen and oxygen atoms in total. The Morgan fingerprint density at radius 3 is 2.75 bits per heavy atom. The molecule has 1 atom stereocenters. The molecule has 1 heterocycles. The minimum atomic E-state index is -0.282. The van der Waals surface area contributed by atoms with E-state index in [4.69, 9.17) is 4.52 Å². The SMILES string of the molecule is Cc1cc(NC(=O)C(C)NCCc2ccccc2)no1. The smallest absolute Gasteiger partial charge is 0.242 e. The van der Waals surface area contributed by atoms with Crippen molar-refractivity contribution in [2.75, 3.05) is 11.9 Å². The van der Waals surface area contributed by atoms with Crippen LogP contribution in [0, 0.1) is 6.92 Å². The summed E-state index contributed by atoms with van der Waals surface area (Å²) >= 11 is 0. The van der Waals surface area contributed by atoms with Crippen molar-refractivity contribution in [3.05, 3.63) is 47.7 Å². The minimum absolute atomic E-state index is 0.119. The van der Waals surface area contributed by atoms with Crippen molar-refractivity contribution in [3.63, 3.8) is 0 Å². The lowest BCUT2D eigenvalue weighted by Crippen LogP contribution is -2.39. The summed E-state index contributed by atoms with van der Waals surface area (Å²) in [7, 11) is 0. The van der Waals surface area contributed by atoms with Gasteiger partial charge >= 0.3 is 0 Å². The van der Waals surface area contributed by atoms with Gasteiger partial charge in [-0.25, -0.2) is 0 Å². The lowest BCUT2D eigenvalue weighted by atomic mass is 10.1. The molecular weight excluding hydrogens is 254 g/mol. The predicted octanol–water partition coefficient (Wildman–Crippen LogP) is 2.14. The molecule has 0 bridgehead atoms. The normalized spacial score (nSPS) is 12.1. The van der Waals surface area contributed by atoms with Crippen LogP contribution >= 0.6 is 0 Å². The lowest BCUT2D eigenvalue weighted by Gasteiger charge is -2.12. The number of anilines is 1. The fraction of sp³-hybridized carbons (Fsp3) is 0.333. The van der Waals surface area contributed by atoms with Gasteiger partial charge in [0, 0.05) is 6.07 Å². The number of nitrogens with one attached hydrogen (secondary N) is 2. The highest BCUT2D eigenvalue weighted by molar-refractivity contribution is 5.93. The zero-order valence-electron chi connectivity index (χ0n) is 11.7. The number of hydrogen-bond donors (Lipinski definition) is 2. The maximum absolute atomic E-state index is 11.9. The lowest BCUT2D eigenvalue weighted by molar-refractivity contribution is -0.117. The van der Waals surface area contributed by atoms with E-state index in [1.54, 1.807) is 13.0 Å². The number of benzene rings is 1. The Bertz CT molecular complexity index is 551. The quantitative estimate of drug-likeness (QED) is 0.846. The third-order valence-electron chi connectivity index (χ3n) is 2.98. The Labute approximate surface area is 118 Å². The van der Waals surface area contributed by atoms with Crippen LogP contribution in [0.15, 0.2) is 40.9 Å². The topological polar surface area (TPSA) is 67.2 Å². The van der Waals surface area contributed by atoms with E-state index in [9.17, 15) is 4.79 Å². The summed E-state index contributed by atoms with van der Waals surface area (Å²) in [5.74, 6) is 1.00. The molecule has 5 heteroatoms. The molecule has 2 N–H and O–H groups in total. The molecule has 2 rings (SSSR count). The van der Waals surface area contributed by atoms with Gasteiger partial charge in [-0.15, -0.1) is 0 Å². The molecule has 0 aliphatic heterocycles. The van der Waals surface area contributed by atoms with E-state index in [1.165, 1.54) is 5.56 Å². The molecule has 0 saturated heterocycles. The van der Waals surface area contributed by atoms with E-state index in [1.807, 2.05) is 25.1 Å². The standard InChI is InChI=1S/C15H19N3O2/c1-11-10-14(18-20-11)17-15(19)12(2)16-9-8-13-6-4-3-5-7-13/h3-7,10,12,16H,8-9H2,1-2H3,(H,17,18,19). The summed E-state index contributed by atoms with van der Waals surface area (Å²) in [4.78, 5) is 11.9.